The highest BCUT2D eigenvalue weighted by molar-refractivity contribution is 7.24. The number of hydrogen-bond acceptors (Lipinski definition) is 2. The van der Waals surface area contributed by atoms with Gasteiger partial charge < -0.3 is 0 Å². The smallest absolute Gasteiger partial charge is 0.195 e. The van der Waals surface area contributed by atoms with Crippen molar-refractivity contribution in [2.24, 2.45) is 0 Å². The Balaban J connectivity index is 2.36. The van der Waals surface area contributed by atoms with Gasteiger partial charge in [-0.2, -0.15) is 0 Å². The number of allylic oxidation sites excluding steroid dienone is 1. The van der Waals surface area contributed by atoms with E-state index in [1.807, 2.05) is 31.2 Å². The van der Waals surface area contributed by atoms with Crippen LogP contribution in [0, 0.1) is 0 Å². The quantitative estimate of drug-likeness (QED) is 0.565. The molecule has 2 heteroatoms. The van der Waals surface area contributed by atoms with Gasteiger partial charge in [0.05, 0.1) is 0 Å². The Morgan fingerprint density at radius 1 is 1.00 bits per heavy atom. The lowest BCUT2D eigenvalue weighted by molar-refractivity contribution is 0.869. The normalized spacial score (nSPS) is 12.0. The molecule has 106 valence electrons. The van der Waals surface area contributed by atoms with Crippen LogP contribution in [0.2, 0.25) is 0 Å². The second kappa shape index (κ2) is 5.45. The van der Waals surface area contributed by atoms with Gasteiger partial charge in [0.25, 0.3) is 0 Å². The van der Waals surface area contributed by atoms with Crippen molar-refractivity contribution < 1.29 is 0 Å². The summed E-state index contributed by atoms with van der Waals surface area (Å²) in [7, 11) is 0. The first-order valence-corrected chi connectivity index (χ1v) is 8.05. The van der Waals surface area contributed by atoms with Gasteiger partial charge in [-0.05, 0) is 48.2 Å². The first-order chi connectivity index (χ1) is 10.1. The Morgan fingerprint density at radius 2 is 1.67 bits per heavy atom. The predicted octanol–water partition coefficient (Wildman–Crippen LogP) is 5.57. The molecule has 2 aromatic carbocycles. The Morgan fingerprint density at radius 3 is 2.33 bits per heavy atom. The minimum atomic E-state index is 0.146. The molecule has 0 aliphatic carbocycles. The predicted molar refractivity (Wildman–Crippen MR) is 94.4 cm³/mol. The Bertz CT molecular complexity index is 900. The zero-order valence-corrected chi connectivity index (χ0v) is 13.3. The van der Waals surface area contributed by atoms with Crippen LogP contribution in [-0.2, 0) is 0 Å². The third-order valence-corrected chi connectivity index (χ3v) is 4.89. The maximum absolute atomic E-state index is 12.8. The van der Waals surface area contributed by atoms with Gasteiger partial charge in [-0.3, -0.25) is 4.79 Å². The van der Waals surface area contributed by atoms with Crippen molar-refractivity contribution >= 4 is 37.6 Å². The largest absolute Gasteiger partial charge is 0.289 e. The van der Waals surface area contributed by atoms with Crippen LogP contribution in [0.3, 0.4) is 0 Å². The van der Waals surface area contributed by atoms with Crippen molar-refractivity contribution in [1.82, 2.24) is 0 Å². The van der Waals surface area contributed by atoms with Gasteiger partial charge in [-0.1, -0.05) is 38.1 Å². The summed E-state index contributed by atoms with van der Waals surface area (Å²) < 4.78 is 2.12. The van der Waals surface area contributed by atoms with Crippen LogP contribution < -0.4 is 5.43 Å². The molecule has 0 unspecified atom stereocenters. The van der Waals surface area contributed by atoms with Crippen LogP contribution in [0.15, 0.2) is 47.3 Å². The molecule has 0 aliphatic heterocycles. The third-order valence-electron chi connectivity index (χ3n) is 3.74. The van der Waals surface area contributed by atoms with E-state index in [9.17, 15) is 4.79 Å². The monoisotopic (exact) mass is 294 g/mol. The maximum Gasteiger partial charge on any atom is 0.195 e. The van der Waals surface area contributed by atoms with Crippen molar-refractivity contribution in [2.45, 2.75) is 26.7 Å². The molecule has 0 atom stereocenters. The second-order valence-corrected chi connectivity index (χ2v) is 6.68. The molecule has 0 N–H and O–H groups in total. The number of rotatable bonds is 2. The molecule has 0 fully saturated rings. The summed E-state index contributed by atoms with van der Waals surface area (Å²) >= 11 is 1.69. The van der Waals surface area contributed by atoms with E-state index in [4.69, 9.17) is 0 Å². The van der Waals surface area contributed by atoms with Crippen molar-refractivity contribution in [1.29, 1.82) is 0 Å². The Kier molecular flexibility index (Phi) is 3.64. The number of fused-ring (bicyclic) bond motifs is 2. The second-order valence-electron chi connectivity index (χ2n) is 5.60. The number of hydrogen-bond donors (Lipinski definition) is 0. The fourth-order valence-electron chi connectivity index (χ4n) is 2.55. The summed E-state index contributed by atoms with van der Waals surface area (Å²) in [5.74, 6) is 0.434. The van der Waals surface area contributed by atoms with Crippen LogP contribution in [0.5, 0.6) is 0 Å². The van der Waals surface area contributed by atoms with Crippen LogP contribution in [0.1, 0.15) is 37.8 Å². The van der Waals surface area contributed by atoms with Gasteiger partial charge >= 0.3 is 0 Å². The van der Waals surface area contributed by atoms with Crippen molar-refractivity contribution in [3.05, 3.63) is 63.8 Å². The van der Waals surface area contributed by atoms with Crippen LogP contribution in [-0.4, -0.2) is 0 Å². The van der Waals surface area contributed by atoms with Gasteiger partial charge in [0.15, 0.2) is 5.43 Å². The Hall–Kier alpha value is -1.93. The zero-order valence-electron chi connectivity index (χ0n) is 12.5. The molecule has 0 amide bonds. The summed E-state index contributed by atoms with van der Waals surface area (Å²) in [6.45, 7) is 6.29. The molecular formula is C19H18OS. The van der Waals surface area contributed by atoms with Gasteiger partial charge in [0, 0.05) is 20.2 Å². The van der Waals surface area contributed by atoms with E-state index in [-0.39, 0.29) is 5.43 Å². The molecule has 3 rings (SSSR count). The van der Waals surface area contributed by atoms with Crippen molar-refractivity contribution in [2.75, 3.05) is 0 Å². The maximum atomic E-state index is 12.8. The lowest BCUT2D eigenvalue weighted by Gasteiger charge is -2.07. The van der Waals surface area contributed by atoms with E-state index >= 15 is 0 Å². The first-order valence-electron chi connectivity index (χ1n) is 7.23. The average Bonchev–Trinajstić information content (AvgIpc) is 2.48. The van der Waals surface area contributed by atoms with Crippen LogP contribution in [0.4, 0.5) is 0 Å². The van der Waals surface area contributed by atoms with Gasteiger partial charge in [0.1, 0.15) is 0 Å². The molecule has 3 aromatic rings. The fraction of sp³-hybridized carbons (Fsp3) is 0.211. The molecule has 1 heterocycles. The summed E-state index contributed by atoms with van der Waals surface area (Å²) in [6, 6.07) is 12.4. The van der Waals surface area contributed by atoms with Gasteiger partial charge in [-0.25, -0.2) is 0 Å². The highest BCUT2D eigenvalue weighted by Gasteiger charge is 2.08. The summed E-state index contributed by atoms with van der Waals surface area (Å²) in [5, 5.41) is 1.67. The van der Waals surface area contributed by atoms with Crippen molar-refractivity contribution in [3.63, 3.8) is 0 Å². The lowest BCUT2D eigenvalue weighted by atomic mass is 10.0. The lowest BCUT2D eigenvalue weighted by Crippen LogP contribution is -2.02. The fourth-order valence-corrected chi connectivity index (χ4v) is 3.58. The molecule has 21 heavy (non-hydrogen) atoms. The summed E-state index contributed by atoms with van der Waals surface area (Å²) in [5.41, 5.74) is 2.44. The number of benzene rings is 2. The summed E-state index contributed by atoms with van der Waals surface area (Å²) in [4.78, 5) is 12.8. The molecule has 1 aromatic heterocycles. The van der Waals surface area contributed by atoms with E-state index in [2.05, 4.69) is 38.1 Å². The summed E-state index contributed by atoms with van der Waals surface area (Å²) in [6.07, 6.45) is 4.02. The van der Waals surface area contributed by atoms with E-state index in [0.29, 0.717) is 5.92 Å². The van der Waals surface area contributed by atoms with Crippen LogP contribution in [0.25, 0.3) is 26.2 Å². The molecule has 0 radical (unpaired) electrons. The highest BCUT2D eigenvalue weighted by atomic mass is 32.1. The van der Waals surface area contributed by atoms with E-state index in [1.54, 1.807) is 11.3 Å². The topological polar surface area (TPSA) is 17.1 Å². The Labute approximate surface area is 128 Å². The van der Waals surface area contributed by atoms with E-state index in [1.165, 1.54) is 5.56 Å². The van der Waals surface area contributed by atoms with E-state index < -0.39 is 0 Å². The van der Waals surface area contributed by atoms with Crippen molar-refractivity contribution in [3.8, 4) is 0 Å². The minimum Gasteiger partial charge on any atom is -0.289 e. The molecule has 1 nitrogen and oxygen atoms in total. The molecule has 0 saturated carbocycles. The highest BCUT2D eigenvalue weighted by Crippen LogP contribution is 2.28. The standard InChI is InChI=1S/C19H18OS/c1-4-5-13-6-8-17-15(10-13)19(20)16-11-14(12(2)3)7-9-18(16)21-17/h4-12H,1-3H3/b5-4+. The van der Waals surface area contributed by atoms with Gasteiger partial charge in [0.2, 0.25) is 0 Å². The first kappa shape index (κ1) is 14.0. The third kappa shape index (κ3) is 2.52. The van der Waals surface area contributed by atoms with E-state index in [0.717, 1.165) is 25.7 Å². The molecule has 0 aliphatic rings. The zero-order chi connectivity index (χ0) is 15.0. The molecule has 0 bridgehead atoms. The molecule has 0 spiro atoms. The average molecular weight is 294 g/mol. The molecule has 0 saturated heterocycles. The minimum absolute atomic E-state index is 0.146. The molecular weight excluding hydrogens is 276 g/mol. The van der Waals surface area contributed by atoms with Gasteiger partial charge in [-0.15, -0.1) is 11.3 Å². The SMILES string of the molecule is C/C=C/c1ccc2sc3ccc(C(C)C)cc3c(=O)c2c1. The van der Waals surface area contributed by atoms with Crippen LogP contribution >= 0.6 is 11.3 Å².